The summed E-state index contributed by atoms with van der Waals surface area (Å²) in [5, 5.41) is 2.90. The summed E-state index contributed by atoms with van der Waals surface area (Å²) in [6, 6.07) is 19.5. The Morgan fingerprint density at radius 1 is 1.00 bits per heavy atom. The third kappa shape index (κ3) is 4.69. The van der Waals surface area contributed by atoms with Crippen LogP contribution in [0.15, 0.2) is 71.6 Å². The number of carbonyl (C=O) groups excluding carboxylic acids is 1. The van der Waals surface area contributed by atoms with Gasteiger partial charge in [0.2, 0.25) is 10.0 Å². The standard InChI is InChI=1S/C25H26N2O4S/c1-3-31-23-10-7-20(8-11-23)25(28)26-22-9-6-19-14-15-27(17-21(19)16-22)32(29,30)24-12-4-18(2)5-13-24/h4-13,16H,3,14-15,17H2,1-2H3,(H,26,28). The van der Waals surface area contributed by atoms with Gasteiger partial charge < -0.3 is 10.1 Å². The molecule has 0 unspecified atom stereocenters. The molecule has 1 aliphatic rings. The van der Waals surface area contributed by atoms with Gasteiger partial charge in [-0.05, 0) is 79.9 Å². The lowest BCUT2D eigenvalue weighted by atomic mass is 10.0. The SMILES string of the molecule is CCOc1ccc(C(=O)Nc2ccc3c(c2)CN(S(=O)(=O)c2ccc(C)cc2)CC3)cc1. The molecule has 0 atom stereocenters. The lowest BCUT2D eigenvalue weighted by molar-refractivity contribution is 0.102. The van der Waals surface area contributed by atoms with Crippen LogP contribution in [0.1, 0.15) is 34.0 Å². The average Bonchev–Trinajstić information content (AvgIpc) is 2.79. The molecule has 0 saturated carbocycles. The number of rotatable bonds is 6. The van der Waals surface area contributed by atoms with Crippen LogP contribution in [0.3, 0.4) is 0 Å². The van der Waals surface area contributed by atoms with Crippen molar-refractivity contribution in [2.24, 2.45) is 0 Å². The van der Waals surface area contributed by atoms with Crippen molar-refractivity contribution in [1.29, 1.82) is 0 Å². The van der Waals surface area contributed by atoms with Crippen LogP contribution in [0.5, 0.6) is 5.75 Å². The highest BCUT2D eigenvalue weighted by Crippen LogP contribution is 2.27. The van der Waals surface area contributed by atoms with E-state index in [0.717, 1.165) is 16.7 Å². The maximum Gasteiger partial charge on any atom is 0.255 e. The molecule has 0 aromatic heterocycles. The first kappa shape index (κ1) is 22.0. The Bertz CT molecular complexity index is 1220. The first-order valence-corrected chi connectivity index (χ1v) is 12.0. The Balaban J connectivity index is 1.50. The first-order chi connectivity index (χ1) is 15.4. The molecule has 1 heterocycles. The van der Waals surface area contributed by atoms with E-state index in [9.17, 15) is 13.2 Å². The number of carbonyl (C=O) groups is 1. The number of fused-ring (bicyclic) bond motifs is 1. The number of sulfonamides is 1. The molecule has 3 aromatic carbocycles. The average molecular weight is 451 g/mol. The zero-order valence-electron chi connectivity index (χ0n) is 18.2. The third-order valence-electron chi connectivity index (χ3n) is 5.53. The highest BCUT2D eigenvalue weighted by molar-refractivity contribution is 7.89. The van der Waals surface area contributed by atoms with Gasteiger partial charge in [-0.2, -0.15) is 4.31 Å². The topological polar surface area (TPSA) is 75.7 Å². The molecule has 1 amide bonds. The molecular formula is C25H26N2O4S. The Labute approximate surface area is 188 Å². The fourth-order valence-electron chi connectivity index (χ4n) is 3.75. The van der Waals surface area contributed by atoms with Gasteiger partial charge in [0, 0.05) is 24.3 Å². The Morgan fingerprint density at radius 2 is 1.72 bits per heavy atom. The van der Waals surface area contributed by atoms with Gasteiger partial charge in [-0.25, -0.2) is 8.42 Å². The second kappa shape index (κ2) is 9.14. The monoisotopic (exact) mass is 450 g/mol. The van der Waals surface area contributed by atoms with Crippen molar-refractivity contribution < 1.29 is 17.9 Å². The van der Waals surface area contributed by atoms with Crippen LogP contribution < -0.4 is 10.1 Å². The minimum absolute atomic E-state index is 0.229. The van der Waals surface area contributed by atoms with E-state index in [1.165, 1.54) is 4.31 Å². The summed E-state index contributed by atoms with van der Waals surface area (Å²) in [7, 11) is -3.58. The quantitative estimate of drug-likeness (QED) is 0.604. The minimum Gasteiger partial charge on any atom is -0.494 e. The van der Waals surface area contributed by atoms with Crippen molar-refractivity contribution in [1.82, 2.24) is 4.31 Å². The van der Waals surface area contributed by atoms with Crippen molar-refractivity contribution >= 4 is 21.6 Å². The highest BCUT2D eigenvalue weighted by atomic mass is 32.2. The molecule has 3 aromatic rings. The number of amides is 1. The molecule has 166 valence electrons. The molecule has 4 rings (SSSR count). The molecule has 6 nitrogen and oxygen atoms in total. The number of aryl methyl sites for hydroxylation is 1. The van der Waals surface area contributed by atoms with Crippen LogP contribution in [0.4, 0.5) is 5.69 Å². The maximum absolute atomic E-state index is 13.1. The zero-order valence-corrected chi connectivity index (χ0v) is 19.0. The summed E-state index contributed by atoms with van der Waals surface area (Å²) in [5.41, 5.74) is 4.17. The molecule has 1 N–H and O–H groups in total. The minimum atomic E-state index is -3.58. The van der Waals surface area contributed by atoms with Gasteiger partial charge in [-0.15, -0.1) is 0 Å². The summed E-state index contributed by atoms with van der Waals surface area (Å²) >= 11 is 0. The molecule has 0 bridgehead atoms. The molecule has 0 aliphatic carbocycles. The van der Waals surface area contributed by atoms with E-state index in [0.29, 0.717) is 41.5 Å². The number of hydrogen-bond acceptors (Lipinski definition) is 4. The first-order valence-electron chi connectivity index (χ1n) is 10.6. The van der Waals surface area contributed by atoms with Crippen molar-refractivity contribution in [3.8, 4) is 5.75 Å². The van der Waals surface area contributed by atoms with Crippen LogP contribution in [-0.4, -0.2) is 31.8 Å². The van der Waals surface area contributed by atoms with E-state index >= 15 is 0 Å². The molecule has 32 heavy (non-hydrogen) atoms. The predicted octanol–water partition coefficient (Wildman–Crippen LogP) is 4.39. The van der Waals surface area contributed by atoms with Gasteiger partial charge in [-0.1, -0.05) is 23.8 Å². The second-order valence-electron chi connectivity index (χ2n) is 7.80. The summed E-state index contributed by atoms with van der Waals surface area (Å²) in [6.07, 6.45) is 0.632. The van der Waals surface area contributed by atoms with Gasteiger partial charge in [0.25, 0.3) is 5.91 Å². The Hall–Kier alpha value is -3.16. The van der Waals surface area contributed by atoms with Gasteiger partial charge >= 0.3 is 0 Å². The number of hydrogen-bond donors (Lipinski definition) is 1. The van der Waals surface area contributed by atoms with Crippen molar-refractivity contribution in [2.45, 2.75) is 31.7 Å². The summed E-state index contributed by atoms with van der Waals surface area (Å²) in [6.45, 7) is 5.11. The van der Waals surface area contributed by atoms with E-state index in [1.807, 2.05) is 32.0 Å². The van der Waals surface area contributed by atoms with Gasteiger partial charge in [0.05, 0.1) is 11.5 Å². The van der Waals surface area contributed by atoms with Crippen LogP contribution >= 0.6 is 0 Å². The predicted molar refractivity (Wildman–Crippen MR) is 124 cm³/mol. The number of ether oxygens (including phenoxy) is 1. The summed E-state index contributed by atoms with van der Waals surface area (Å²) in [5.74, 6) is 0.487. The summed E-state index contributed by atoms with van der Waals surface area (Å²) in [4.78, 5) is 12.9. The molecule has 0 saturated heterocycles. The molecule has 7 heteroatoms. The van der Waals surface area contributed by atoms with Gasteiger partial charge in [0.1, 0.15) is 5.75 Å². The number of nitrogens with zero attached hydrogens (tertiary/aromatic N) is 1. The lowest BCUT2D eigenvalue weighted by Crippen LogP contribution is -2.36. The largest absolute Gasteiger partial charge is 0.494 e. The van der Waals surface area contributed by atoms with Crippen molar-refractivity contribution in [2.75, 3.05) is 18.5 Å². The summed E-state index contributed by atoms with van der Waals surface area (Å²) < 4.78 is 33.1. The third-order valence-corrected chi connectivity index (χ3v) is 7.39. The maximum atomic E-state index is 13.1. The fraction of sp³-hybridized carbons (Fsp3) is 0.240. The zero-order chi connectivity index (χ0) is 22.7. The van der Waals surface area contributed by atoms with Crippen molar-refractivity contribution in [3.05, 3.63) is 89.0 Å². The van der Waals surface area contributed by atoms with Gasteiger partial charge in [-0.3, -0.25) is 4.79 Å². The Morgan fingerprint density at radius 3 is 2.41 bits per heavy atom. The van der Waals surface area contributed by atoms with Crippen LogP contribution in [0.25, 0.3) is 0 Å². The van der Waals surface area contributed by atoms with Crippen LogP contribution in [0.2, 0.25) is 0 Å². The number of nitrogens with one attached hydrogen (secondary N) is 1. The van der Waals surface area contributed by atoms with Crippen LogP contribution in [0, 0.1) is 6.92 Å². The molecule has 1 aliphatic heterocycles. The van der Waals surface area contributed by atoms with E-state index in [2.05, 4.69) is 5.32 Å². The second-order valence-corrected chi connectivity index (χ2v) is 9.73. The van der Waals surface area contributed by atoms with Gasteiger partial charge in [0.15, 0.2) is 0 Å². The van der Waals surface area contributed by atoms with E-state index in [1.54, 1.807) is 48.5 Å². The molecular weight excluding hydrogens is 424 g/mol. The molecule has 0 spiro atoms. The number of anilines is 1. The van der Waals surface area contributed by atoms with E-state index in [-0.39, 0.29) is 12.5 Å². The van der Waals surface area contributed by atoms with E-state index < -0.39 is 10.0 Å². The normalized spacial score (nSPS) is 13.9. The van der Waals surface area contributed by atoms with Crippen molar-refractivity contribution in [3.63, 3.8) is 0 Å². The smallest absolute Gasteiger partial charge is 0.255 e. The molecule has 0 radical (unpaired) electrons. The lowest BCUT2D eigenvalue weighted by Gasteiger charge is -2.28. The number of benzene rings is 3. The van der Waals surface area contributed by atoms with E-state index in [4.69, 9.17) is 4.74 Å². The highest BCUT2D eigenvalue weighted by Gasteiger charge is 2.28. The fourth-order valence-corrected chi connectivity index (χ4v) is 5.16. The Kier molecular flexibility index (Phi) is 6.30. The molecule has 0 fully saturated rings. The van der Waals surface area contributed by atoms with Crippen LogP contribution in [-0.2, 0) is 23.0 Å².